The zero-order valence-electron chi connectivity index (χ0n) is 16.4. The van der Waals surface area contributed by atoms with E-state index >= 15 is 0 Å². The monoisotopic (exact) mass is 406 g/mol. The van der Waals surface area contributed by atoms with E-state index in [0.717, 1.165) is 60.9 Å². The fraction of sp³-hybridized carbons (Fsp3) is 0.350. The van der Waals surface area contributed by atoms with Gasteiger partial charge >= 0.3 is 0 Å². The Bertz CT molecular complexity index is 1090. The van der Waals surface area contributed by atoms with Gasteiger partial charge in [-0.05, 0) is 36.4 Å². The second-order valence-corrected chi connectivity index (χ2v) is 7.04. The van der Waals surface area contributed by atoms with Gasteiger partial charge in [-0.25, -0.2) is 9.67 Å². The molecule has 30 heavy (non-hydrogen) atoms. The lowest BCUT2D eigenvalue weighted by Gasteiger charge is -2.26. The Kier molecular flexibility index (Phi) is 5.32. The van der Waals surface area contributed by atoms with E-state index in [0.29, 0.717) is 19.0 Å². The molecule has 0 spiro atoms. The molecule has 1 aliphatic rings. The van der Waals surface area contributed by atoms with E-state index in [9.17, 15) is 0 Å². The molecule has 4 heterocycles. The molecular formula is C20H22N8O2. The quantitative estimate of drug-likeness (QED) is 0.490. The Balaban J connectivity index is 1.31. The highest BCUT2D eigenvalue weighted by molar-refractivity contribution is 5.91. The number of H-pyrrole nitrogens is 1. The third kappa shape index (κ3) is 4.00. The van der Waals surface area contributed by atoms with Gasteiger partial charge in [0.1, 0.15) is 24.6 Å². The van der Waals surface area contributed by atoms with Gasteiger partial charge in [0.05, 0.1) is 13.2 Å². The first-order chi connectivity index (χ1) is 14.9. The predicted octanol–water partition coefficient (Wildman–Crippen LogP) is 1.37. The zero-order chi connectivity index (χ0) is 20.2. The van der Waals surface area contributed by atoms with Gasteiger partial charge in [0.25, 0.3) is 0 Å². The number of hydrogen-bond donors (Lipinski definition) is 1. The van der Waals surface area contributed by atoms with Crippen molar-refractivity contribution in [2.24, 2.45) is 0 Å². The average molecular weight is 406 g/mol. The SMILES string of the molecule is c1cnc2c(c1)c(-c1ccc(OCCN3CCOCC3)cc1)nn2Cc1nn[nH]n1. The fourth-order valence-corrected chi connectivity index (χ4v) is 3.54. The number of hydrogen-bond acceptors (Lipinski definition) is 8. The van der Waals surface area contributed by atoms with E-state index < -0.39 is 0 Å². The number of pyridine rings is 1. The van der Waals surface area contributed by atoms with E-state index in [1.54, 1.807) is 10.9 Å². The summed E-state index contributed by atoms with van der Waals surface area (Å²) in [4.78, 5) is 6.84. The van der Waals surface area contributed by atoms with E-state index in [1.165, 1.54) is 0 Å². The van der Waals surface area contributed by atoms with E-state index in [4.69, 9.17) is 14.6 Å². The van der Waals surface area contributed by atoms with Crippen molar-refractivity contribution in [1.82, 2.24) is 40.3 Å². The molecule has 154 valence electrons. The van der Waals surface area contributed by atoms with Crippen molar-refractivity contribution < 1.29 is 9.47 Å². The lowest BCUT2D eigenvalue weighted by atomic mass is 10.1. The molecule has 1 aliphatic heterocycles. The Morgan fingerprint density at radius 2 is 1.97 bits per heavy atom. The molecule has 0 atom stereocenters. The summed E-state index contributed by atoms with van der Waals surface area (Å²) in [6.45, 7) is 5.50. The minimum Gasteiger partial charge on any atom is -0.492 e. The molecule has 3 aromatic heterocycles. The molecule has 10 heteroatoms. The highest BCUT2D eigenvalue weighted by Gasteiger charge is 2.15. The normalized spacial score (nSPS) is 14.9. The molecule has 1 fully saturated rings. The summed E-state index contributed by atoms with van der Waals surface area (Å²) in [5.41, 5.74) is 2.64. The van der Waals surface area contributed by atoms with Crippen LogP contribution in [0.25, 0.3) is 22.3 Å². The first kappa shape index (κ1) is 18.6. The lowest BCUT2D eigenvalue weighted by Crippen LogP contribution is -2.38. The van der Waals surface area contributed by atoms with Crippen LogP contribution in [-0.2, 0) is 11.3 Å². The molecule has 10 nitrogen and oxygen atoms in total. The summed E-state index contributed by atoms with van der Waals surface area (Å²) < 4.78 is 13.1. The molecule has 4 aromatic rings. The number of aromatic nitrogens is 7. The first-order valence-corrected chi connectivity index (χ1v) is 9.94. The zero-order valence-corrected chi connectivity index (χ0v) is 16.4. The van der Waals surface area contributed by atoms with Gasteiger partial charge in [0, 0.05) is 36.8 Å². The standard InChI is InChI=1S/C20H22N8O2/c1-2-17-19(24-28(20(17)21-7-1)14-18-22-25-26-23-18)15-3-5-16(6-4-15)30-13-10-27-8-11-29-12-9-27/h1-7H,8-14H2,(H,22,23,25,26). The molecule has 5 rings (SSSR count). The molecule has 0 radical (unpaired) electrons. The molecule has 1 aromatic carbocycles. The fourth-order valence-electron chi connectivity index (χ4n) is 3.54. The van der Waals surface area contributed by atoms with Crippen LogP contribution in [0.4, 0.5) is 0 Å². The summed E-state index contributed by atoms with van der Waals surface area (Å²) in [6, 6.07) is 11.9. The number of nitrogens with zero attached hydrogens (tertiary/aromatic N) is 7. The van der Waals surface area contributed by atoms with Gasteiger partial charge in [0.2, 0.25) is 0 Å². The van der Waals surface area contributed by atoms with Crippen molar-refractivity contribution in [2.75, 3.05) is 39.5 Å². The molecule has 0 bridgehead atoms. The van der Waals surface area contributed by atoms with Crippen molar-refractivity contribution in [3.05, 3.63) is 48.4 Å². The van der Waals surface area contributed by atoms with Gasteiger partial charge in [-0.2, -0.15) is 10.3 Å². The first-order valence-electron chi connectivity index (χ1n) is 9.94. The summed E-state index contributed by atoms with van der Waals surface area (Å²) in [7, 11) is 0. The summed E-state index contributed by atoms with van der Waals surface area (Å²) in [5, 5.41) is 19.8. The van der Waals surface area contributed by atoms with Crippen molar-refractivity contribution in [1.29, 1.82) is 0 Å². The molecule has 0 aliphatic carbocycles. The molecule has 1 saturated heterocycles. The second-order valence-electron chi connectivity index (χ2n) is 7.04. The van der Waals surface area contributed by atoms with Crippen LogP contribution in [0.1, 0.15) is 5.82 Å². The van der Waals surface area contributed by atoms with Gasteiger partial charge < -0.3 is 9.47 Å². The van der Waals surface area contributed by atoms with Gasteiger partial charge in [0.15, 0.2) is 11.5 Å². The topological polar surface area (TPSA) is 107 Å². The second kappa shape index (κ2) is 8.56. The number of rotatable bonds is 7. The summed E-state index contributed by atoms with van der Waals surface area (Å²) >= 11 is 0. The van der Waals surface area contributed by atoms with Crippen LogP contribution in [0.3, 0.4) is 0 Å². The van der Waals surface area contributed by atoms with Crippen LogP contribution in [-0.4, -0.2) is 79.7 Å². The number of fused-ring (bicyclic) bond motifs is 1. The maximum Gasteiger partial charge on any atom is 0.196 e. The van der Waals surface area contributed by atoms with Crippen LogP contribution >= 0.6 is 0 Å². The van der Waals surface area contributed by atoms with Crippen LogP contribution in [0.2, 0.25) is 0 Å². The number of tetrazole rings is 1. The molecule has 1 N–H and O–H groups in total. The van der Waals surface area contributed by atoms with Crippen LogP contribution in [0.5, 0.6) is 5.75 Å². The average Bonchev–Trinajstić information content (AvgIpc) is 3.44. The Morgan fingerprint density at radius 1 is 1.10 bits per heavy atom. The minimum absolute atomic E-state index is 0.396. The number of nitrogens with one attached hydrogen (secondary N) is 1. The van der Waals surface area contributed by atoms with E-state index in [2.05, 4.69) is 30.5 Å². The van der Waals surface area contributed by atoms with Crippen molar-refractivity contribution >= 4 is 11.0 Å². The van der Waals surface area contributed by atoms with Gasteiger partial charge in [-0.1, -0.05) is 5.21 Å². The third-order valence-electron chi connectivity index (χ3n) is 5.10. The maximum absolute atomic E-state index is 5.92. The Labute approximate surface area is 172 Å². The molecule has 0 saturated carbocycles. The minimum atomic E-state index is 0.396. The van der Waals surface area contributed by atoms with Crippen molar-refractivity contribution in [2.45, 2.75) is 6.54 Å². The highest BCUT2D eigenvalue weighted by Crippen LogP contribution is 2.28. The Morgan fingerprint density at radius 3 is 2.77 bits per heavy atom. The van der Waals surface area contributed by atoms with Crippen LogP contribution in [0, 0.1) is 0 Å². The largest absolute Gasteiger partial charge is 0.492 e. The van der Waals surface area contributed by atoms with Gasteiger partial charge in [-0.15, -0.1) is 10.2 Å². The lowest BCUT2D eigenvalue weighted by molar-refractivity contribution is 0.0322. The Hall–Kier alpha value is -3.37. The molecular weight excluding hydrogens is 384 g/mol. The maximum atomic E-state index is 5.92. The molecule has 0 unspecified atom stereocenters. The van der Waals surface area contributed by atoms with Crippen molar-refractivity contribution in [3.8, 4) is 17.0 Å². The molecule has 0 amide bonds. The number of ether oxygens (including phenoxy) is 2. The number of benzene rings is 1. The van der Waals surface area contributed by atoms with E-state index in [-0.39, 0.29) is 0 Å². The van der Waals surface area contributed by atoms with Crippen LogP contribution in [0.15, 0.2) is 42.6 Å². The van der Waals surface area contributed by atoms with Crippen molar-refractivity contribution in [3.63, 3.8) is 0 Å². The highest BCUT2D eigenvalue weighted by atomic mass is 16.5. The van der Waals surface area contributed by atoms with E-state index in [1.807, 2.05) is 36.4 Å². The van der Waals surface area contributed by atoms with Crippen LogP contribution < -0.4 is 4.74 Å². The summed E-state index contributed by atoms with van der Waals surface area (Å²) in [6.07, 6.45) is 1.76. The third-order valence-corrected chi connectivity index (χ3v) is 5.10. The predicted molar refractivity (Wildman–Crippen MR) is 109 cm³/mol. The number of morpholine rings is 1. The van der Waals surface area contributed by atoms with Gasteiger partial charge in [-0.3, -0.25) is 4.90 Å². The smallest absolute Gasteiger partial charge is 0.196 e. The number of aromatic amines is 1. The summed E-state index contributed by atoms with van der Waals surface area (Å²) in [5.74, 6) is 1.40.